The highest BCUT2D eigenvalue weighted by Crippen LogP contribution is 2.37. The summed E-state index contributed by atoms with van der Waals surface area (Å²) in [6.07, 6.45) is 11.7. The second-order valence-electron chi connectivity index (χ2n) is 9.53. The molecule has 1 aliphatic heterocycles. The van der Waals surface area contributed by atoms with E-state index in [0.29, 0.717) is 44.8 Å². The number of carbonyl (C=O) groups excluding carboxylic acids is 2. The summed E-state index contributed by atoms with van der Waals surface area (Å²) in [6, 6.07) is 12.4. The number of aromatic nitrogens is 1. The molecule has 1 aromatic carbocycles. The third kappa shape index (κ3) is 5.20. The first-order valence-electron chi connectivity index (χ1n) is 12.1. The molecule has 1 N–H and O–H groups in total. The van der Waals surface area contributed by atoms with Crippen molar-refractivity contribution in [1.82, 2.24) is 15.2 Å². The van der Waals surface area contributed by atoms with Gasteiger partial charge in [-0.15, -0.1) is 0 Å². The summed E-state index contributed by atoms with van der Waals surface area (Å²) in [5, 5.41) is 3.05. The fraction of sp³-hybridized carbons (Fsp3) is 0.519. The molecule has 5 nitrogen and oxygen atoms in total. The monoisotopic (exact) mass is 433 g/mol. The minimum absolute atomic E-state index is 0.0716. The Kier molecular flexibility index (Phi) is 7.23. The van der Waals surface area contributed by atoms with Crippen LogP contribution in [0.15, 0.2) is 48.8 Å². The van der Waals surface area contributed by atoms with Crippen LogP contribution < -0.4 is 5.32 Å². The molecule has 0 bridgehead atoms. The molecule has 1 saturated heterocycles. The number of nitrogens with zero attached hydrogens (tertiary/aromatic N) is 2. The van der Waals surface area contributed by atoms with Gasteiger partial charge in [0.15, 0.2) is 0 Å². The first kappa shape index (κ1) is 22.5. The fourth-order valence-corrected chi connectivity index (χ4v) is 5.41. The van der Waals surface area contributed by atoms with Crippen LogP contribution in [0.2, 0.25) is 0 Å². The second-order valence-corrected chi connectivity index (χ2v) is 9.53. The summed E-state index contributed by atoms with van der Waals surface area (Å²) >= 11 is 0. The number of benzene rings is 1. The summed E-state index contributed by atoms with van der Waals surface area (Å²) in [5.41, 5.74) is 2.81. The molecule has 2 aromatic rings. The average Bonchev–Trinajstić information content (AvgIpc) is 3.26. The molecule has 4 rings (SSSR count). The number of carbonyl (C=O) groups is 2. The zero-order chi connectivity index (χ0) is 22.4. The van der Waals surface area contributed by atoms with Gasteiger partial charge in [-0.05, 0) is 67.3 Å². The van der Waals surface area contributed by atoms with Gasteiger partial charge in [0.25, 0.3) is 0 Å². The van der Waals surface area contributed by atoms with Crippen LogP contribution in [0.1, 0.15) is 57.4 Å². The number of likely N-dealkylation sites (tertiary alicyclic amines) is 1. The van der Waals surface area contributed by atoms with Crippen molar-refractivity contribution in [2.45, 2.75) is 58.3 Å². The molecule has 1 atom stereocenters. The van der Waals surface area contributed by atoms with Crippen molar-refractivity contribution in [2.24, 2.45) is 11.3 Å². The Morgan fingerprint density at radius 1 is 1.09 bits per heavy atom. The van der Waals surface area contributed by atoms with Crippen molar-refractivity contribution >= 4 is 11.8 Å². The lowest BCUT2D eigenvalue weighted by atomic mass is 9.79. The largest absolute Gasteiger partial charge is 0.356 e. The van der Waals surface area contributed by atoms with Crippen molar-refractivity contribution in [1.29, 1.82) is 0 Å². The molecule has 1 saturated carbocycles. The molecule has 1 aromatic heterocycles. The van der Waals surface area contributed by atoms with Gasteiger partial charge in [0.2, 0.25) is 11.8 Å². The van der Waals surface area contributed by atoms with Crippen LogP contribution in [-0.2, 0) is 16.0 Å². The third-order valence-corrected chi connectivity index (χ3v) is 7.20. The lowest BCUT2D eigenvalue weighted by molar-refractivity contribution is -0.134. The Morgan fingerprint density at radius 3 is 2.62 bits per heavy atom. The molecule has 2 heterocycles. The molecule has 2 aliphatic rings. The van der Waals surface area contributed by atoms with E-state index in [1.54, 1.807) is 12.4 Å². The van der Waals surface area contributed by atoms with Gasteiger partial charge in [0.05, 0.1) is 5.41 Å². The quantitative estimate of drug-likeness (QED) is 0.693. The standard InChI is InChI=1S/C27H35N3O2/c1-2-29-26(32)27(13-16-30(20-27)25(31)18-21-7-4-3-5-8-21)19-22-9-6-10-24(17-22)23-11-14-28-15-12-23/h6,9-12,14-15,17,21H,2-5,7-8,13,16,18-20H2,1H3,(H,29,32)/t27-/m1/s1. The Hall–Kier alpha value is -2.69. The smallest absolute Gasteiger partial charge is 0.228 e. The molecule has 0 radical (unpaired) electrons. The van der Waals surface area contributed by atoms with Gasteiger partial charge < -0.3 is 10.2 Å². The number of rotatable bonds is 7. The fourth-order valence-electron chi connectivity index (χ4n) is 5.41. The van der Waals surface area contributed by atoms with E-state index in [4.69, 9.17) is 0 Å². The topological polar surface area (TPSA) is 62.3 Å². The van der Waals surface area contributed by atoms with Crippen molar-refractivity contribution in [3.8, 4) is 11.1 Å². The van der Waals surface area contributed by atoms with E-state index in [1.807, 2.05) is 24.0 Å². The number of nitrogens with one attached hydrogen (secondary N) is 1. The lowest BCUT2D eigenvalue weighted by Gasteiger charge is -2.29. The van der Waals surface area contributed by atoms with Gasteiger partial charge in [0, 0.05) is 38.4 Å². The zero-order valence-electron chi connectivity index (χ0n) is 19.2. The van der Waals surface area contributed by atoms with Gasteiger partial charge in [-0.25, -0.2) is 0 Å². The van der Waals surface area contributed by atoms with Gasteiger partial charge in [0.1, 0.15) is 0 Å². The predicted molar refractivity (Wildman–Crippen MR) is 127 cm³/mol. The molecule has 5 heteroatoms. The van der Waals surface area contributed by atoms with E-state index in [-0.39, 0.29) is 11.8 Å². The highest BCUT2D eigenvalue weighted by atomic mass is 16.2. The number of pyridine rings is 1. The van der Waals surface area contributed by atoms with Crippen LogP contribution in [0.25, 0.3) is 11.1 Å². The summed E-state index contributed by atoms with van der Waals surface area (Å²) in [4.78, 5) is 32.4. The minimum Gasteiger partial charge on any atom is -0.356 e. The van der Waals surface area contributed by atoms with Crippen molar-refractivity contribution in [2.75, 3.05) is 19.6 Å². The van der Waals surface area contributed by atoms with Crippen molar-refractivity contribution in [3.63, 3.8) is 0 Å². The summed E-state index contributed by atoms with van der Waals surface area (Å²) < 4.78 is 0. The maximum atomic E-state index is 13.2. The molecular weight excluding hydrogens is 398 g/mol. The predicted octanol–water partition coefficient (Wildman–Crippen LogP) is 4.62. The Morgan fingerprint density at radius 2 is 1.88 bits per heavy atom. The van der Waals surface area contributed by atoms with Gasteiger partial charge in [-0.1, -0.05) is 43.5 Å². The van der Waals surface area contributed by atoms with Gasteiger partial charge in [-0.3, -0.25) is 14.6 Å². The maximum Gasteiger partial charge on any atom is 0.228 e. The molecule has 32 heavy (non-hydrogen) atoms. The Balaban J connectivity index is 1.50. The molecule has 0 unspecified atom stereocenters. The van der Waals surface area contributed by atoms with Gasteiger partial charge in [-0.2, -0.15) is 0 Å². The van der Waals surface area contributed by atoms with E-state index in [9.17, 15) is 9.59 Å². The summed E-state index contributed by atoms with van der Waals surface area (Å²) in [5.74, 6) is 0.823. The van der Waals surface area contributed by atoms with E-state index >= 15 is 0 Å². The first-order valence-corrected chi connectivity index (χ1v) is 12.1. The molecule has 2 fully saturated rings. The molecular formula is C27H35N3O2. The van der Waals surface area contributed by atoms with E-state index in [2.05, 4.69) is 34.6 Å². The van der Waals surface area contributed by atoms with Crippen LogP contribution in [0.5, 0.6) is 0 Å². The van der Waals surface area contributed by atoms with Crippen LogP contribution in [-0.4, -0.2) is 41.3 Å². The zero-order valence-corrected chi connectivity index (χ0v) is 19.2. The molecule has 170 valence electrons. The van der Waals surface area contributed by atoms with Crippen LogP contribution >= 0.6 is 0 Å². The third-order valence-electron chi connectivity index (χ3n) is 7.20. The Labute approximate surface area is 191 Å². The minimum atomic E-state index is -0.560. The van der Waals surface area contributed by atoms with Gasteiger partial charge >= 0.3 is 0 Å². The summed E-state index contributed by atoms with van der Waals surface area (Å²) in [6.45, 7) is 3.75. The summed E-state index contributed by atoms with van der Waals surface area (Å²) in [7, 11) is 0. The number of amides is 2. The molecule has 0 spiro atoms. The number of hydrogen-bond donors (Lipinski definition) is 1. The van der Waals surface area contributed by atoms with E-state index in [0.717, 1.165) is 16.7 Å². The Bertz CT molecular complexity index is 924. The lowest BCUT2D eigenvalue weighted by Crippen LogP contribution is -2.45. The van der Waals surface area contributed by atoms with E-state index < -0.39 is 5.41 Å². The highest BCUT2D eigenvalue weighted by Gasteiger charge is 2.45. The second kappa shape index (κ2) is 10.3. The average molecular weight is 434 g/mol. The van der Waals surface area contributed by atoms with Crippen LogP contribution in [0.4, 0.5) is 0 Å². The number of hydrogen-bond acceptors (Lipinski definition) is 3. The molecule has 1 aliphatic carbocycles. The van der Waals surface area contributed by atoms with E-state index in [1.165, 1.54) is 32.1 Å². The van der Waals surface area contributed by atoms with Crippen LogP contribution in [0, 0.1) is 11.3 Å². The molecule has 2 amide bonds. The van der Waals surface area contributed by atoms with Crippen molar-refractivity contribution in [3.05, 3.63) is 54.4 Å². The maximum absolute atomic E-state index is 13.2. The highest BCUT2D eigenvalue weighted by molar-refractivity contribution is 5.86. The SMILES string of the molecule is CCNC(=O)[C@@]1(Cc2cccc(-c3ccncc3)c2)CCN(C(=O)CC2CCCCC2)C1. The first-order chi connectivity index (χ1) is 15.6. The van der Waals surface area contributed by atoms with Crippen molar-refractivity contribution < 1.29 is 9.59 Å². The normalized spacial score (nSPS) is 21.5. The van der Waals surface area contributed by atoms with Crippen LogP contribution in [0.3, 0.4) is 0 Å².